The number of amides is 1. The summed E-state index contributed by atoms with van der Waals surface area (Å²) in [4.78, 5) is 30.4. The molecule has 1 unspecified atom stereocenters. The zero-order chi connectivity index (χ0) is 14.7. The number of hydrogen-bond donors (Lipinski definition) is 1. The maximum atomic E-state index is 12.2. The molecule has 1 aliphatic heterocycles. The van der Waals surface area contributed by atoms with E-state index in [2.05, 4.69) is 15.2 Å². The smallest absolute Gasteiger partial charge is 0.236 e. The average molecular weight is 309 g/mol. The summed E-state index contributed by atoms with van der Waals surface area (Å²) in [5, 5.41) is 4.39. The summed E-state index contributed by atoms with van der Waals surface area (Å²) < 4.78 is 5.32. The van der Waals surface area contributed by atoms with Gasteiger partial charge in [-0.1, -0.05) is 17.8 Å². The Morgan fingerprint density at radius 1 is 1.38 bits per heavy atom. The van der Waals surface area contributed by atoms with E-state index in [0.717, 1.165) is 44.1 Å². The molecule has 114 valence electrons. The van der Waals surface area contributed by atoms with E-state index < -0.39 is 5.92 Å². The Morgan fingerprint density at radius 2 is 2.19 bits per heavy atom. The van der Waals surface area contributed by atoms with Crippen LogP contribution in [-0.2, 0) is 14.3 Å². The molecule has 0 spiro atoms. The highest BCUT2D eigenvalue weighted by molar-refractivity contribution is 7.19. The quantitative estimate of drug-likeness (QED) is 0.860. The predicted octanol–water partition coefficient (Wildman–Crippen LogP) is 1.68. The molecule has 1 aromatic heterocycles. The fraction of sp³-hybridized carbons (Fsp3) is 0.643. The predicted molar refractivity (Wildman–Crippen MR) is 80.7 cm³/mol. The topological polar surface area (TPSA) is 71.5 Å². The van der Waals surface area contributed by atoms with E-state index in [-0.39, 0.29) is 11.7 Å². The molecule has 7 heteroatoms. The number of carbonyl (C=O) groups is 2. The van der Waals surface area contributed by atoms with Crippen molar-refractivity contribution >= 4 is 33.2 Å². The number of nitrogens with one attached hydrogen (secondary N) is 1. The van der Waals surface area contributed by atoms with Gasteiger partial charge in [0.15, 0.2) is 5.13 Å². The second-order valence-electron chi connectivity index (χ2n) is 5.36. The molecule has 0 radical (unpaired) electrons. The van der Waals surface area contributed by atoms with Crippen LogP contribution in [0.15, 0.2) is 6.20 Å². The van der Waals surface area contributed by atoms with E-state index in [1.54, 1.807) is 6.20 Å². The Labute approximate surface area is 127 Å². The standard InChI is InChI=1S/C14H19N3O3S/c18-11-4-2-1-3-10(11)13(19)16-14-15-9-12(21-14)17-5-7-20-8-6-17/h9-10H,1-8H2,(H,15,16,19). The third-order valence-electron chi connectivity index (χ3n) is 3.92. The molecule has 1 saturated carbocycles. The average Bonchev–Trinajstić information content (AvgIpc) is 2.97. The Hall–Kier alpha value is -1.47. The van der Waals surface area contributed by atoms with Crippen molar-refractivity contribution in [3.8, 4) is 0 Å². The van der Waals surface area contributed by atoms with Crippen molar-refractivity contribution in [2.45, 2.75) is 25.7 Å². The number of carbonyl (C=O) groups excluding carboxylic acids is 2. The van der Waals surface area contributed by atoms with Gasteiger partial charge in [0.2, 0.25) is 5.91 Å². The van der Waals surface area contributed by atoms with E-state index >= 15 is 0 Å². The van der Waals surface area contributed by atoms with Crippen LogP contribution >= 0.6 is 11.3 Å². The Morgan fingerprint density at radius 3 is 2.95 bits per heavy atom. The van der Waals surface area contributed by atoms with Crippen molar-refractivity contribution in [1.29, 1.82) is 0 Å². The molecular weight excluding hydrogens is 290 g/mol. The lowest BCUT2D eigenvalue weighted by molar-refractivity contribution is -0.132. The van der Waals surface area contributed by atoms with Crippen molar-refractivity contribution in [2.75, 3.05) is 36.5 Å². The van der Waals surface area contributed by atoms with Crippen molar-refractivity contribution in [2.24, 2.45) is 5.92 Å². The van der Waals surface area contributed by atoms with Crippen LogP contribution in [0.4, 0.5) is 10.1 Å². The normalized spacial score (nSPS) is 23.1. The molecule has 1 atom stereocenters. The highest BCUT2D eigenvalue weighted by Gasteiger charge is 2.29. The number of thiazole rings is 1. The lowest BCUT2D eigenvalue weighted by Gasteiger charge is -2.26. The summed E-state index contributed by atoms with van der Waals surface area (Å²) in [6, 6.07) is 0. The van der Waals surface area contributed by atoms with Gasteiger partial charge in [0, 0.05) is 19.5 Å². The zero-order valence-corrected chi connectivity index (χ0v) is 12.7. The molecule has 1 aromatic rings. The number of Topliss-reactive ketones (excluding diaryl/α,β-unsaturated/α-hetero) is 1. The number of morpholine rings is 1. The molecule has 1 aliphatic carbocycles. The van der Waals surface area contributed by atoms with Crippen molar-refractivity contribution in [3.05, 3.63) is 6.20 Å². The zero-order valence-electron chi connectivity index (χ0n) is 11.8. The van der Waals surface area contributed by atoms with Gasteiger partial charge in [0.25, 0.3) is 0 Å². The fourth-order valence-corrected chi connectivity index (χ4v) is 3.58. The number of hydrogen-bond acceptors (Lipinski definition) is 6. The van der Waals surface area contributed by atoms with Crippen molar-refractivity contribution < 1.29 is 14.3 Å². The van der Waals surface area contributed by atoms with Gasteiger partial charge in [0.05, 0.1) is 25.3 Å². The lowest BCUT2D eigenvalue weighted by Crippen LogP contribution is -2.35. The van der Waals surface area contributed by atoms with Crippen LogP contribution in [0.1, 0.15) is 25.7 Å². The summed E-state index contributed by atoms with van der Waals surface area (Å²) in [6.45, 7) is 3.12. The van der Waals surface area contributed by atoms with Gasteiger partial charge in [-0.2, -0.15) is 0 Å². The second-order valence-corrected chi connectivity index (χ2v) is 6.37. The first-order valence-electron chi connectivity index (χ1n) is 7.36. The monoisotopic (exact) mass is 309 g/mol. The molecule has 0 bridgehead atoms. The van der Waals surface area contributed by atoms with E-state index in [1.807, 2.05) is 0 Å². The second kappa shape index (κ2) is 6.53. The third kappa shape index (κ3) is 3.41. The summed E-state index contributed by atoms with van der Waals surface area (Å²) >= 11 is 1.45. The van der Waals surface area contributed by atoms with Crippen LogP contribution in [0.3, 0.4) is 0 Å². The van der Waals surface area contributed by atoms with E-state index in [1.165, 1.54) is 11.3 Å². The number of aromatic nitrogens is 1. The highest BCUT2D eigenvalue weighted by Crippen LogP contribution is 2.29. The van der Waals surface area contributed by atoms with Crippen molar-refractivity contribution in [3.63, 3.8) is 0 Å². The minimum atomic E-state index is -0.491. The summed E-state index contributed by atoms with van der Waals surface area (Å²) in [6.07, 6.45) is 4.80. The van der Waals surface area contributed by atoms with E-state index in [0.29, 0.717) is 18.0 Å². The Balaban J connectivity index is 1.61. The first kappa shape index (κ1) is 14.5. The molecule has 0 aromatic carbocycles. The van der Waals surface area contributed by atoms with Gasteiger partial charge in [-0.15, -0.1) is 0 Å². The van der Waals surface area contributed by atoms with E-state index in [9.17, 15) is 9.59 Å². The van der Waals surface area contributed by atoms with Crippen LogP contribution in [0.5, 0.6) is 0 Å². The number of nitrogens with zero attached hydrogens (tertiary/aromatic N) is 2. The molecule has 6 nitrogen and oxygen atoms in total. The molecule has 2 aliphatic rings. The van der Waals surface area contributed by atoms with Crippen LogP contribution in [0, 0.1) is 5.92 Å². The van der Waals surface area contributed by atoms with Gasteiger partial charge >= 0.3 is 0 Å². The summed E-state index contributed by atoms with van der Waals surface area (Å²) in [5.41, 5.74) is 0. The molecule has 1 saturated heterocycles. The van der Waals surface area contributed by atoms with Gasteiger partial charge in [-0.05, 0) is 12.8 Å². The number of ether oxygens (including phenoxy) is 1. The SMILES string of the molecule is O=C1CCCCC1C(=O)Nc1ncc(N2CCOCC2)s1. The number of rotatable bonds is 3. The van der Waals surface area contributed by atoms with Crippen LogP contribution in [0.2, 0.25) is 0 Å². The number of ketones is 1. The minimum Gasteiger partial charge on any atom is -0.378 e. The Kier molecular flexibility index (Phi) is 4.50. The summed E-state index contributed by atoms with van der Waals surface area (Å²) in [7, 11) is 0. The first-order chi connectivity index (χ1) is 10.2. The van der Waals surface area contributed by atoms with Gasteiger partial charge in [0.1, 0.15) is 10.8 Å². The van der Waals surface area contributed by atoms with Gasteiger partial charge in [-0.3, -0.25) is 9.59 Å². The number of anilines is 2. The van der Waals surface area contributed by atoms with Crippen LogP contribution < -0.4 is 10.2 Å². The fourth-order valence-electron chi connectivity index (χ4n) is 2.71. The van der Waals surface area contributed by atoms with Crippen LogP contribution in [0.25, 0.3) is 0 Å². The minimum absolute atomic E-state index is 0.0590. The first-order valence-corrected chi connectivity index (χ1v) is 8.18. The molecule has 2 fully saturated rings. The molecule has 2 heterocycles. The maximum absolute atomic E-state index is 12.2. The molecular formula is C14H19N3O3S. The largest absolute Gasteiger partial charge is 0.378 e. The highest BCUT2D eigenvalue weighted by atomic mass is 32.1. The van der Waals surface area contributed by atoms with Gasteiger partial charge < -0.3 is 15.0 Å². The molecule has 3 rings (SSSR count). The maximum Gasteiger partial charge on any atom is 0.236 e. The molecule has 21 heavy (non-hydrogen) atoms. The molecule has 1 N–H and O–H groups in total. The van der Waals surface area contributed by atoms with E-state index in [4.69, 9.17) is 4.74 Å². The van der Waals surface area contributed by atoms with Gasteiger partial charge in [-0.25, -0.2) is 4.98 Å². The van der Waals surface area contributed by atoms with Crippen LogP contribution in [-0.4, -0.2) is 43.0 Å². The van der Waals surface area contributed by atoms with Crippen molar-refractivity contribution in [1.82, 2.24) is 4.98 Å². The summed E-state index contributed by atoms with van der Waals surface area (Å²) in [5.74, 6) is -0.638. The molecule has 1 amide bonds. The Bertz CT molecular complexity index is 525. The third-order valence-corrected chi connectivity index (χ3v) is 4.89. The lowest BCUT2D eigenvalue weighted by atomic mass is 9.87.